The van der Waals surface area contributed by atoms with Gasteiger partial charge in [-0.05, 0) is 6.07 Å². The highest BCUT2D eigenvalue weighted by Crippen LogP contribution is 2.14. The molecule has 0 amide bonds. The SMILES string of the molecule is O=c1c2cnccc2nc2n1CC=N2. The first-order chi connectivity index (χ1) is 6.86. The van der Waals surface area contributed by atoms with E-state index in [4.69, 9.17) is 0 Å². The van der Waals surface area contributed by atoms with Gasteiger partial charge in [0.25, 0.3) is 5.56 Å². The Balaban J connectivity index is 2.54. The lowest BCUT2D eigenvalue weighted by atomic mass is 10.3. The van der Waals surface area contributed by atoms with E-state index in [1.807, 2.05) is 0 Å². The van der Waals surface area contributed by atoms with Crippen LogP contribution in [0, 0.1) is 0 Å². The summed E-state index contributed by atoms with van der Waals surface area (Å²) in [6, 6.07) is 1.71. The monoisotopic (exact) mass is 186 g/mol. The van der Waals surface area contributed by atoms with E-state index in [1.165, 1.54) is 10.8 Å². The number of pyridine rings is 1. The zero-order chi connectivity index (χ0) is 9.54. The van der Waals surface area contributed by atoms with Gasteiger partial charge in [-0.25, -0.2) is 9.98 Å². The van der Waals surface area contributed by atoms with Crippen LogP contribution in [0.1, 0.15) is 0 Å². The Morgan fingerprint density at radius 2 is 2.36 bits per heavy atom. The van der Waals surface area contributed by atoms with Crippen LogP contribution in [0.25, 0.3) is 10.9 Å². The Morgan fingerprint density at radius 1 is 1.43 bits per heavy atom. The predicted octanol–water partition coefficient (Wildman–Crippen LogP) is 0.507. The summed E-state index contributed by atoms with van der Waals surface area (Å²) in [5, 5.41) is 0.543. The first kappa shape index (κ1) is 7.37. The summed E-state index contributed by atoms with van der Waals surface area (Å²) >= 11 is 0. The van der Waals surface area contributed by atoms with Crippen LogP contribution in [0.15, 0.2) is 28.2 Å². The van der Waals surface area contributed by atoms with Crippen molar-refractivity contribution in [3.8, 4) is 0 Å². The Morgan fingerprint density at radius 3 is 3.29 bits per heavy atom. The van der Waals surface area contributed by atoms with Crippen molar-refractivity contribution < 1.29 is 0 Å². The van der Waals surface area contributed by atoms with E-state index in [2.05, 4.69) is 15.0 Å². The molecule has 0 bridgehead atoms. The maximum absolute atomic E-state index is 11.8. The van der Waals surface area contributed by atoms with Crippen LogP contribution in [0.3, 0.4) is 0 Å². The molecule has 0 atom stereocenters. The van der Waals surface area contributed by atoms with E-state index >= 15 is 0 Å². The zero-order valence-corrected chi connectivity index (χ0v) is 7.21. The average Bonchev–Trinajstić information content (AvgIpc) is 2.66. The standard InChI is InChI=1S/C9H6N4O/c14-8-6-5-10-2-1-7(6)12-9-11-3-4-13(8)9/h1-3,5H,4H2. The summed E-state index contributed by atoms with van der Waals surface area (Å²) in [4.78, 5) is 24.0. The Bertz CT molecular complexity index is 599. The maximum Gasteiger partial charge on any atom is 0.264 e. The van der Waals surface area contributed by atoms with Gasteiger partial charge in [0.05, 0.1) is 17.4 Å². The summed E-state index contributed by atoms with van der Waals surface area (Å²) in [7, 11) is 0. The smallest absolute Gasteiger partial charge is 0.264 e. The molecule has 1 aliphatic heterocycles. The number of aromatic nitrogens is 3. The van der Waals surface area contributed by atoms with Gasteiger partial charge < -0.3 is 0 Å². The summed E-state index contributed by atoms with van der Waals surface area (Å²) in [5.41, 5.74) is 0.575. The fourth-order valence-electron chi connectivity index (χ4n) is 1.52. The molecule has 68 valence electrons. The van der Waals surface area contributed by atoms with E-state index in [0.29, 0.717) is 23.4 Å². The van der Waals surface area contributed by atoms with Crippen LogP contribution < -0.4 is 5.56 Å². The lowest BCUT2D eigenvalue weighted by Crippen LogP contribution is -2.19. The molecule has 3 rings (SSSR count). The normalized spacial score (nSPS) is 13.4. The van der Waals surface area contributed by atoms with Crippen LogP contribution in [0.2, 0.25) is 0 Å². The summed E-state index contributed by atoms with van der Waals surface area (Å²) in [6.07, 6.45) is 4.83. The molecular formula is C9H6N4O. The van der Waals surface area contributed by atoms with Crippen molar-refractivity contribution in [1.29, 1.82) is 0 Å². The molecule has 0 radical (unpaired) electrons. The van der Waals surface area contributed by atoms with Gasteiger partial charge in [-0.2, -0.15) is 0 Å². The highest BCUT2D eigenvalue weighted by Gasteiger charge is 2.12. The van der Waals surface area contributed by atoms with Gasteiger partial charge in [0.15, 0.2) is 0 Å². The molecule has 2 aromatic heterocycles. The highest BCUT2D eigenvalue weighted by atomic mass is 16.1. The van der Waals surface area contributed by atoms with Gasteiger partial charge in [0, 0.05) is 18.6 Å². The van der Waals surface area contributed by atoms with Gasteiger partial charge in [-0.1, -0.05) is 0 Å². The topological polar surface area (TPSA) is 60.1 Å². The molecule has 0 spiro atoms. The van der Waals surface area contributed by atoms with Crippen molar-refractivity contribution in [2.24, 2.45) is 4.99 Å². The van der Waals surface area contributed by atoms with Crippen molar-refractivity contribution in [1.82, 2.24) is 14.5 Å². The summed E-state index contributed by atoms with van der Waals surface area (Å²) in [5.74, 6) is 0.480. The van der Waals surface area contributed by atoms with Crippen LogP contribution in [0.4, 0.5) is 5.95 Å². The number of rotatable bonds is 0. The molecule has 0 N–H and O–H groups in total. The second kappa shape index (κ2) is 2.47. The van der Waals surface area contributed by atoms with Crippen molar-refractivity contribution >= 4 is 23.1 Å². The van der Waals surface area contributed by atoms with Gasteiger partial charge in [-0.3, -0.25) is 14.3 Å². The lowest BCUT2D eigenvalue weighted by Gasteiger charge is -2.01. The predicted molar refractivity (Wildman–Crippen MR) is 52.0 cm³/mol. The summed E-state index contributed by atoms with van der Waals surface area (Å²) < 4.78 is 1.53. The van der Waals surface area contributed by atoms with Crippen molar-refractivity contribution in [3.05, 3.63) is 28.8 Å². The van der Waals surface area contributed by atoms with Crippen LogP contribution in [-0.4, -0.2) is 20.7 Å². The molecule has 0 unspecified atom stereocenters. The van der Waals surface area contributed by atoms with Crippen LogP contribution in [0.5, 0.6) is 0 Å². The second-order valence-electron chi connectivity index (χ2n) is 3.03. The zero-order valence-electron chi connectivity index (χ0n) is 7.21. The molecule has 3 heterocycles. The average molecular weight is 186 g/mol. The minimum absolute atomic E-state index is 0.0735. The molecule has 0 saturated heterocycles. The van der Waals surface area contributed by atoms with Crippen LogP contribution in [-0.2, 0) is 6.54 Å². The molecule has 0 aromatic carbocycles. The van der Waals surface area contributed by atoms with E-state index in [9.17, 15) is 4.79 Å². The third-order valence-electron chi connectivity index (χ3n) is 2.21. The Labute approximate surface area is 78.8 Å². The van der Waals surface area contributed by atoms with Crippen molar-refractivity contribution in [2.75, 3.05) is 0 Å². The molecule has 5 heteroatoms. The number of fused-ring (bicyclic) bond motifs is 2. The van der Waals surface area contributed by atoms with Gasteiger partial charge in [0.2, 0.25) is 5.95 Å². The van der Waals surface area contributed by atoms with E-state index in [0.717, 1.165) is 0 Å². The Kier molecular flexibility index (Phi) is 1.30. The van der Waals surface area contributed by atoms with E-state index < -0.39 is 0 Å². The number of aliphatic imine (C=N–C) groups is 1. The van der Waals surface area contributed by atoms with Gasteiger partial charge in [0.1, 0.15) is 0 Å². The third-order valence-corrected chi connectivity index (χ3v) is 2.21. The number of hydrogen-bond acceptors (Lipinski definition) is 4. The van der Waals surface area contributed by atoms with Gasteiger partial charge >= 0.3 is 0 Å². The molecule has 0 aliphatic carbocycles. The lowest BCUT2D eigenvalue weighted by molar-refractivity contribution is 0.836. The minimum Gasteiger partial charge on any atom is -0.271 e. The van der Waals surface area contributed by atoms with Crippen LogP contribution >= 0.6 is 0 Å². The minimum atomic E-state index is -0.0735. The quantitative estimate of drug-likeness (QED) is 0.602. The van der Waals surface area contributed by atoms with Gasteiger partial charge in [-0.15, -0.1) is 0 Å². The van der Waals surface area contributed by atoms with E-state index in [1.54, 1.807) is 18.5 Å². The first-order valence-electron chi connectivity index (χ1n) is 4.23. The van der Waals surface area contributed by atoms with Crippen molar-refractivity contribution in [2.45, 2.75) is 6.54 Å². The highest BCUT2D eigenvalue weighted by molar-refractivity contribution is 5.79. The molecule has 5 nitrogen and oxygen atoms in total. The largest absolute Gasteiger partial charge is 0.271 e. The molecule has 1 aliphatic rings. The molecule has 0 saturated carbocycles. The third kappa shape index (κ3) is 0.834. The molecular weight excluding hydrogens is 180 g/mol. The molecule has 2 aromatic rings. The number of nitrogens with zero attached hydrogens (tertiary/aromatic N) is 4. The molecule has 0 fully saturated rings. The van der Waals surface area contributed by atoms with Crippen molar-refractivity contribution in [3.63, 3.8) is 0 Å². The molecule has 14 heavy (non-hydrogen) atoms. The first-order valence-corrected chi connectivity index (χ1v) is 4.23. The number of hydrogen-bond donors (Lipinski definition) is 0. The fourth-order valence-corrected chi connectivity index (χ4v) is 1.52. The summed E-state index contributed by atoms with van der Waals surface area (Å²) in [6.45, 7) is 0.506. The maximum atomic E-state index is 11.8. The Hall–Kier alpha value is -2.04. The fraction of sp³-hybridized carbons (Fsp3) is 0.111. The van der Waals surface area contributed by atoms with E-state index in [-0.39, 0.29) is 5.56 Å². The second-order valence-corrected chi connectivity index (χ2v) is 3.03.